The molecule has 0 saturated carbocycles. The van der Waals surface area contributed by atoms with E-state index in [0.717, 1.165) is 23.3 Å². The van der Waals surface area contributed by atoms with Gasteiger partial charge in [0.25, 0.3) is 0 Å². The largest absolute Gasteiger partial charge is 0.478 e. The van der Waals surface area contributed by atoms with E-state index >= 15 is 0 Å². The van der Waals surface area contributed by atoms with Crippen LogP contribution in [0.4, 0.5) is 29.1 Å². The first-order valence-corrected chi connectivity index (χ1v) is 11.8. The van der Waals surface area contributed by atoms with Crippen molar-refractivity contribution in [3.05, 3.63) is 104 Å². The van der Waals surface area contributed by atoms with Crippen LogP contribution in [0.25, 0.3) is 11.0 Å². The summed E-state index contributed by atoms with van der Waals surface area (Å²) in [4.78, 5) is 26.5. The summed E-state index contributed by atoms with van der Waals surface area (Å²) >= 11 is 0. The summed E-state index contributed by atoms with van der Waals surface area (Å²) in [6.07, 6.45) is -4.67. The zero-order chi connectivity index (χ0) is 27.2. The van der Waals surface area contributed by atoms with Gasteiger partial charge in [-0.05, 0) is 66.4 Å². The van der Waals surface area contributed by atoms with Gasteiger partial charge >= 0.3 is 12.1 Å². The third-order valence-corrected chi connectivity index (χ3v) is 6.64. The Morgan fingerprint density at radius 2 is 1.82 bits per heavy atom. The predicted molar refractivity (Wildman–Crippen MR) is 134 cm³/mol. The highest BCUT2D eigenvalue weighted by molar-refractivity contribution is 5.94. The molecule has 0 bridgehead atoms. The molecule has 0 aliphatic carbocycles. The van der Waals surface area contributed by atoms with Gasteiger partial charge in [0.2, 0.25) is 5.88 Å². The number of aromatic carboxylic acids is 1. The van der Waals surface area contributed by atoms with E-state index in [1.807, 2.05) is 0 Å². The number of nitrogens with one attached hydrogen (secondary N) is 1. The van der Waals surface area contributed by atoms with E-state index in [4.69, 9.17) is 4.42 Å². The number of fused-ring (bicyclic) bond motifs is 2. The summed E-state index contributed by atoms with van der Waals surface area (Å²) < 4.78 is 61.0. The van der Waals surface area contributed by atoms with Crippen LogP contribution in [0.15, 0.2) is 63.8 Å². The molecule has 2 N–H and O–H groups in total. The van der Waals surface area contributed by atoms with Crippen LogP contribution in [0.2, 0.25) is 0 Å². The van der Waals surface area contributed by atoms with Crippen molar-refractivity contribution in [1.29, 1.82) is 0 Å². The number of carboxylic acids is 1. The van der Waals surface area contributed by atoms with Gasteiger partial charge in [-0.3, -0.25) is 4.79 Å². The van der Waals surface area contributed by atoms with E-state index < -0.39 is 23.1 Å². The first-order valence-electron chi connectivity index (χ1n) is 11.8. The Balaban J connectivity index is 1.54. The minimum atomic E-state index is -4.69. The molecule has 2 heterocycles. The van der Waals surface area contributed by atoms with Crippen molar-refractivity contribution in [2.45, 2.75) is 32.6 Å². The normalized spacial score (nSPS) is 13.1. The fraction of sp³-hybridized carbons (Fsp3) is 0.214. The molecule has 38 heavy (non-hydrogen) atoms. The van der Waals surface area contributed by atoms with Crippen molar-refractivity contribution in [3.63, 3.8) is 0 Å². The molecule has 0 fully saturated rings. The molecule has 4 aromatic rings. The summed E-state index contributed by atoms with van der Waals surface area (Å²) in [5.41, 5.74) is 0.713. The van der Waals surface area contributed by atoms with E-state index in [0.29, 0.717) is 12.2 Å². The van der Waals surface area contributed by atoms with Crippen molar-refractivity contribution in [1.82, 2.24) is 0 Å². The highest BCUT2D eigenvalue weighted by Gasteiger charge is 2.33. The molecule has 0 saturated heterocycles. The Kier molecular flexibility index (Phi) is 6.34. The number of halogens is 4. The molecule has 0 spiro atoms. The Morgan fingerprint density at radius 1 is 1.08 bits per heavy atom. The molecular weight excluding hydrogens is 504 g/mol. The summed E-state index contributed by atoms with van der Waals surface area (Å²) in [5, 5.41) is 12.1. The standard InChI is InChI=1S/C28H22F4N2O4/c1-15-24(35)22-12-19(28(30,31)32)10-16(8-9-33-23-5-3-2-4-21(23)27(36)37)25(22)38-26(15)34-13-17-6-7-20(29)11-18(17)14-34/h2-7,10-12,33H,8-9,13-14H2,1H3,(H,36,37). The second-order valence-corrected chi connectivity index (χ2v) is 9.17. The van der Waals surface area contributed by atoms with Crippen LogP contribution in [0.5, 0.6) is 0 Å². The Labute approximate surface area is 214 Å². The number of carboxylic acid groups (broad SMARTS) is 1. The fourth-order valence-electron chi connectivity index (χ4n) is 4.76. The Bertz CT molecular complexity index is 1630. The first kappa shape index (κ1) is 25.3. The van der Waals surface area contributed by atoms with Crippen molar-refractivity contribution in [2.24, 2.45) is 0 Å². The summed E-state index contributed by atoms with van der Waals surface area (Å²) in [7, 11) is 0. The Hall–Kier alpha value is -4.34. The highest BCUT2D eigenvalue weighted by atomic mass is 19.4. The van der Waals surface area contributed by atoms with Crippen molar-refractivity contribution in [3.8, 4) is 0 Å². The number of rotatable bonds is 6. The zero-order valence-corrected chi connectivity index (χ0v) is 20.2. The monoisotopic (exact) mass is 526 g/mol. The van der Waals surface area contributed by atoms with Crippen molar-refractivity contribution in [2.75, 3.05) is 16.8 Å². The predicted octanol–water partition coefficient (Wildman–Crippen LogP) is 6.13. The SMILES string of the molecule is Cc1c(N2Cc3ccc(F)cc3C2)oc2c(CCNc3ccccc3C(=O)O)cc(C(F)(F)F)cc2c1=O. The number of benzene rings is 3. The van der Waals surface area contributed by atoms with E-state index in [1.165, 1.54) is 25.1 Å². The van der Waals surface area contributed by atoms with Crippen molar-refractivity contribution >= 4 is 28.5 Å². The van der Waals surface area contributed by atoms with Crippen LogP contribution in [0, 0.1) is 12.7 Å². The van der Waals surface area contributed by atoms with Gasteiger partial charge in [0.15, 0.2) is 5.43 Å². The molecule has 1 aliphatic heterocycles. The number of hydrogen-bond acceptors (Lipinski definition) is 5. The number of carbonyl (C=O) groups is 1. The summed E-state index contributed by atoms with van der Waals surface area (Å²) in [6.45, 7) is 2.22. The van der Waals surface area contributed by atoms with Crippen molar-refractivity contribution < 1.29 is 31.9 Å². The molecule has 0 unspecified atom stereocenters. The zero-order valence-electron chi connectivity index (χ0n) is 20.2. The topological polar surface area (TPSA) is 82.8 Å². The van der Waals surface area contributed by atoms with Gasteiger partial charge in [-0.25, -0.2) is 9.18 Å². The van der Waals surface area contributed by atoms with E-state index in [9.17, 15) is 32.3 Å². The van der Waals surface area contributed by atoms with Gasteiger partial charge in [0.05, 0.1) is 22.1 Å². The smallest absolute Gasteiger partial charge is 0.416 e. The maximum absolute atomic E-state index is 13.7. The molecule has 0 radical (unpaired) electrons. The molecule has 196 valence electrons. The second kappa shape index (κ2) is 9.51. The average molecular weight is 526 g/mol. The highest BCUT2D eigenvalue weighted by Crippen LogP contribution is 2.36. The molecule has 5 rings (SSSR count). The fourth-order valence-corrected chi connectivity index (χ4v) is 4.76. The molecule has 10 heteroatoms. The number of anilines is 2. The van der Waals surface area contributed by atoms with Gasteiger partial charge in [0, 0.05) is 25.3 Å². The number of alkyl halides is 3. The lowest BCUT2D eigenvalue weighted by atomic mass is 10.0. The van der Waals surface area contributed by atoms with Crippen LogP contribution in [-0.4, -0.2) is 17.6 Å². The number of hydrogen-bond donors (Lipinski definition) is 2. The third kappa shape index (κ3) is 4.69. The van der Waals surface area contributed by atoms with E-state index in [1.54, 1.807) is 29.2 Å². The second-order valence-electron chi connectivity index (χ2n) is 9.17. The van der Waals surface area contributed by atoms with Gasteiger partial charge in [-0.2, -0.15) is 13.2 Å². The van der Waals surface area contributed by atoms with Gasteiger partial charge in [-0.15, -0.1) is 0 Å². The van der Waals surface area contributed by atoms with Crippen LogP contribution < -0.4 is 15.6 Å². The number of nitrogens with zero attached hydrogens (tertiary/aromatic N) is 1. The van der Waals surface area contributed by atoms with E-state index in [2.05, 4.69) is 5.32 Å². The van der Waals surface area contributed by atoms with Crippen LogP contribution in [-0.2, 0) is 25.7 Å². The van der Waals surface area contributed by atoms with Gasteiger partial charge < -0.3 is 19.7 Å². The maximum atomic E-state index is 13.7. The molecule has 6 nitrogen and oxygen atoms in total. The summed E-state index contributed by atoms with van der Waals surface area (Å²) in [6, 6.07) is 12.3. The van der Waals surface area contributed by atoms with Gasteiger partial charge in [-0.1, -0.05) is 18.2 Å². The van der Waals surface area contributed by atoms with Crippen LogP contribution >= 0.6 is 0 Å². The molecule has 0 amide bonds. The molecule has 3 aromatic carbocycles. The lowest BCUT2D eigenvalue weighted by molar-refractivity contribution is -0.137. The molecule has 0 atom stereocenters. The third-order valence-electron chi connectivity index (χ3n) is 6.64. The summed E-state index contributed by atoms with van der Waals surface area (Å²) in [5.74, 6) is -1.32. The molecule has 1 aromatic heterocycles. The molecular formula is C28H22F4N2O4. The lowest BCUT2D eigenvalue weighted by Crippen LogP contribution is -2.21. The minimum absolute atomic E-state index is 0.0191. The number of para-hydroxylation sites is 1. The minimum Gasteiger partial charge on any atom is -0.478 e. The van der Waals surface area contributed by atoms with Gasteiger partial charge in [0.1, 0.15) is 11.4 Å². The lowest BCUT2D eigenvalue weighted by Gasteiger charge is -2.20. The Morgan fingerprint density at radius 3 is 2.55 bits per heavy atom. The van der Waals surface area contributed by atoms with Crippen LogP contribution in [0.3, 0.4) is 0 Å². The first-order chi connectivity index (χ1) is 18.0. The molecule has 1 aliphatic rings. The maximum Gasteiger partial charge on any atom is 0.416 e. The van der Waals surface area contributed by atoms with Crippen LogP contribution in [0.1, 0.15) is 38.2 Å². The quantitative estimate of drug-likeness (QED) is 0.294. The average Bonchev–Trinajstić information content (AvgIpc) is 3.28. The van der Waals surface area contributed by atoms with E-state index in [-0.39, 0.29) is 58.9 Å².